The van der Waals surface area contributed by atoms with Crippen molar-refractivity contribution in [1.29, 1.82) is 0 Å². The highest BCUT2D eigenvalue weighted by atomic mass is 35.5. The number of aromatic nitrogens is 2. The van der Waals surface area contributed by atoms with Crippen LogP contribution in [0.2, 0.25) is 5.15 Å². The third-order valence-corrected chi connectivity index (χ3v) is 5.11. The van der Waals surface area contributed by atoms with Gasteiger partial charge in [0.25, 0.3) is 5.91 Å². The first-order valence-electron chi connectivity index (χ1n) is 7.40. The first-order chi connectivity index (χ1) is 13.2. The number of hydrogen-bond acceptors (Lipinski definition) is 8. The Bertz CT molecular complexity index is 1070. The molecular formula is C14H12ClF3N4O5S2. The molecule has 0 spiro atoms. The maximum atomic E-state index is 12.4. The van der Waals surface area contributed by atoms with E-state index in [4.69, 9.17) is 11.6 Å². The van der Waals surface area contributed by atoms with Crippen molar-refractivity contribution in [2.75, 3.05) is 16.0 Å². The van der Waals surface area contributed by atoms with Crippen LogP contribution < -0.4 is 9.79 Å². The molecule has 2 aromatic rings. The number of halogens is 4. The molecule has 0 aliphatic rings. The molecule has 9 nitrogen and oxygen atoms in total. The lowest BCUT2D eigenvalue weighted by Gasteiger charge is -2.16. The molecule has 0 fully saturated rings. The first kappa shape index (κ1) is 22.8. The highest BCUT2D eigenvalue weighted by Gasteiger charge is 2.44. The molecule has 0 unspecified atom stereocenters. The molecule has 0 saturated carbocycles. The average molecular weight is 473 g/mol. The van der Waals surface area contributed by atoms with E-state index >= 15 is 0 Å². The van der Waals surface area contributed by atoms with Crippen LogP contribution in [0, 0.1) is 6.92 Å². The molecular weight excluding hydrogens is 461 g/mol. The Hall–Kier alpha value is -2.45. The van der Waals surface area contributed by atoms with Gasteiger partial charge in [0.15, 0.2) is 5.15 Å². The van der Waals surface area contributed by atoms with Gasteiger partial charge in [-0.25, -0.2) is 23.2 Å². The second kappa shape index (κ2) is 8.12. The van der Waals surface area contributed by atoms with Crippen LogP contribution in [-0.4, -0.2) is 42.7 Å². The first-order valence-corrected chi connectivity index (χ1v) is 10.5. The Labute approximate surface area is 171 Å². The molecule has 2 aromatic heterocycles. The average Bonchev–Trinajstić information content (AvgIpc) is 2.93. The smallest absolute Gasteiger partial charge is 0.322 e. The summed E-state index contributed by atoms with van der Waals surface area (Å²) in [5.41, 5.74) is 0.536. The fourth-order valence-electron chi connectivity index (χ4n) is 1.95. The minimum absolute atomic E-state index is 0.0343. The van der Waals surface area contributed by atoms with Crippen LogP contribution in [0.5, 0.6) is 0 Å². The van der Waals surface area contributed by atoms with Gasteiger partial charge in [-0.2, -0.15) is 13.2 Å². The number of nitrogens with zero attached hydrogens (tertiary/aromatic N) is 3. The van der Waals surface area contributed by atoms with Crippen LogP contribution in [0.25, 0.3) is 10.4 Å². The number of nitrogens with one attached hydrogen (secondary N) is 1. The lowest BCUT2D eigenvalue weighted by atomic mass is 10.2. The standard InChI is InChI=1S/C14H12ClF3N4O5S2/c1-6-10(8-4-9(11(15)19-5-8)21-29(3,25)26)28-13(20-6)22(7(2)23)27-12(24)14(16,17)18/h4-5,21H,1-3H3. The quantitative estimate of drug-likeness (QED) is 0.536. The van der Waals surface area contributed by atoms with Crippen LogP contribution in [0.3, 0.4) is 0 Å². The van der Waals surface area contributed by atoms with Gasteiger partial charge in [0.05, 0.1) is 22.5 Å². The number of rotatable bonds is 4. The summed E-state index contributed by atoms with van der Waals surface area (Å²) < 4.78 is 62.4. The van der Waals surface area contributed by atoms with Crippen LogP contribution in [0.15, 0.2) is 12.3 Å². The number of carbonyl (C=O) groups excluding carboxylic acids is 2. The van der Waals surface area contributed by atoms with Gasteiger partial charge in [-0.1, -0.05) is 22.9 Å². The summed E-state index contributed by atoms with van der Waals surface area (Å²) in [4.78, 5) is 35.0. The molecule has 0 atom stereocenters. The number of pyridine rings is 1. The van der Waals surface area contributed by atoms with Crippen molar-refractivity contribution in [3.63, 3.8) is 0 Å². The van der Waals surface area contributed by atoms with Crippen molar-refractivity contribution in [1.82, 2.24) is 9.97 Å². The Kier molecular flexibility index (Phi) is 6.39. The van der Waals surface area contributed by atoms with E-state index in [1.807, 2.05) is 0 Å². The second-order valence-electron chi connectivity index (χ2n) is 5.54. The number of thiazole rings is 1. The van der Waals surface area contributed by atoms with Crippen molar-refractivity contribution >= 4 is 55.7 Å². The van der Waals surface area contributed by atoms with Gasteiger partial charge < -0.3 is 4.84 Å². The number of anilines is 2. The molecule has 1 N–H and O–H groups in total. The molecule has 158 valence electrons. The lowest BCUT2D eigenvalue weighted by molar-refractivity contribution is -0.201. The van der Waals surface area contributed by atoms with Gasteiger partial charge in [-0.05, 0) is 13.0 Å². The highest BCUT2D eigenvalue weighted by Crippen LogP contribution is 2.37. The van der Waals surface area contributed by atoms with Gasteiger partial charge in [0.2, 0.25) is 15.2 Å². The summed E-state index contributed by atoms with van der Waals surface area (Å²) in [6.45, 7) is 2.37. The van der Waals surface area contributed by atoms with Crippen LogP contribution in [0.4, 0.5) is 24.0 Å². The fourth-order valence-corrected chi connectivity index (χ4v) is 3.75. The zero-order chi connectivity index (χ0) is 22.1. The van der Waals surface area contributed by atoms with Crippen LogP contribution >= 0.6 is 22.9 Å². The molecule has 0 aromatic carbocycles. The molecule has 0 aliphatic heterocycles. The van der Waals surface area contributed by atoms with E-state index in [0.29, 0.717) is 10.4 Å². The molecule has 1 amide bonds. The van der Waals surface area contributed by atoms with E-state index in [9.17, 15) is 31.2 Å². The van der Waals surface area contributed by atoms with Crippen molar-refractivity contribution in [3.8, 4) is 10.4 Å². The topological polar surface area (TPSA) is 119 Å². The highest BCUT2D eigenvalue weighted by molar-refractivity contribution is 7.92. The molecule has 0 radical (unpaired) electrons. The van der Waals surface area contributed by atoms with Gasteiger partial charge in [0, 0.05) is 18.7 Å². The molecule has 0 aliphatic carbocycles. The summed E-state index contributed by atoms with van der Waals surface area (Å²) in [6, 6.07) is 1.33. The largest absolute Gasteiger partial charge is 0.493 e. The number of aryl methyl sites for hydroxylation is 1. The van der Waals surface area contributed by atoms with Crippen molar-refractivity contribution in [2.45, 2.75) is 20.0 Å². The Balaban J connectivity index is 2.44. The Morgan fingerprint density at radius 1 is 1.34 bits per heavy atom. The monoisotopic (exact) mass is 472 g/mol. The lowest BCUT2D eigenvalue weighted by Crippen LogP contribution is -2.37. The van der Waals surface area contributed by atoms with Gasteiger partial charge in [-0.15, -0.1) is 5.06 Å². The van der Waals surface area contributed by atoms with Crippen molar-refractivity contribution in [2.24, 2.45) is 0 Å². The number of amides is 1. The number of alkyl halides is 3. The molecule has 0 saturated heterocycles. The molecule has 29 heavy (non-hydrogen) atoms. The normalized spacial score (nSPS) is 11.8. The van der Waals surface area contributed by atoms with E-state index in [-0.39, 0.29) is 26.7 Å². The summed E-state index contributed by atoms with van der Waals surface area (Å²) >= 11 is 6.58. The third-order valence-electron chi connectivity index (χ3n) is 3.05. The molecule has 0 bridgehead atoms. The number of sulfonamides is 1. The zero-order valence-electron chi connectivity index (χ0n) is 14.9. The van der Waals surface area contributed by atoms with E-state index in [0.717, 1.165) is 24.5 Å². The van der Waals surface area contributed by atoms with Crippen LogP contribution in [0.1, 0.15) is 12.6 Å². The van der Waals surface area contributed by atoms with Crippen LogP contribution in [-0.2, 0) is 24.4 Å². The summed E-state index contributed by atoms with van der Waals surface area (Å²) in [5, 5.41) is -0.350. The Morgan fingerprint density at radius 2 is 1.97 bits per heavy atom. The van der Waals surface area contributed by atoms with E-state index < -0.39 is 28.1 Å². The zero-order valence-corrected chi connectivity index (χ0v) is 17.3. The summed E-state index contributed by atoms with van der Waals surface area (Å²) in [7, 11) is -3.66. The predicted octanol–water partition coefficient (Wildman–Crippen LogP) is 2.91. The van der Waals surface area contributed by atoms with Crippen molar-refractivity contribution in [3.05, 3.63) is 23.1 Å². The number of carbonyl (C=O) groups is 2. The number of hydrogen-bond donors (Lipinski definition) is 1. The summed E-state index contributed by atoms with van der Waals surface area (Å²) in [6.07, 6.45) is -3.12. The second-order valence-corrected chi connectivity index (χ2v) is 8.62. The van der Waals surface area contributed by atoms with Gasteiger partial charge >= 0.3 is 12.1 Å². The predicted molar refractivity (Wildman–Crippen MR) is 98.9 cm³/mol. The maximum absolute atomic E-state index is 12.4. The number of hydroxylamine groups is 1. The molecule has 15 heteroatoms. The fraction of sp³-hybridized carbons (Fsp3) is 0.286. The van der Waals surface area contributed by atoms with E-state index in [2.05, 4.69) is 19.5 Å². The molecule has 2 rings (SSSR count). The van der Waals surface area contributed by atoms with E-state index in [1.54, 1.807) is 0 Å². The maximum Gasteiger partial charge on any atom is 0.493 e. The summed E-state index contributed by atoms with van der Waals surface area (Å²) in [5.74, 6) is -3.61. The van der Waals surface area contributed by atoms with Gasteiger partial charge in [-0.3, -0.25) is 9.52 Å². The molecule has 2 heterocycles. The third kappa shape index (κ3) is 5.77. The minimum atomic E-state index is -5.31. The minimum Gasteiger partial charge on any atom is -0.322 e. The SMILES string of the molecule is CC(=O)N(OC(=O)C(F)(F)F)c1nc(C)c(-c2cnc(Cl)c(NS(C)(=O)=O)c2)s1. The Morgan fingerprint density at radius 3 is 2.48 bits per heavy atom. The van der Waals surface area contributed by atoms with Crippen molar-refractivity contribution < 1.29 is 36.0 Å². The van der Waals surface area contributed by atoms with E-state index in [1.165, 1.54) is 19.2 Å². The van der Waals surface area contributed by atoms with Gasteiger partial charge in [0.1, 0.15) is 0 Å².